The summed E-state index contributed by atoms with van der Waals surface area (Å²) >= 11 is 8.44. The van der Waals surface area contributed by atoms with Crippen LogP contribution in [0.25, 0.3) is 0 Å². The summed E-state index contributed by atoms with van der Waals surface area (Å²) in [6.45, 7) is 0. The SMILES string of the molecule is Nc1cc(Br)c(F)c(S(=O)(=O)Nc2ccnc(Cl)n2)c1. The lowest BCUT2D eigenvalue weighted by Gasteiger charge is -2.09. The molecule has 2 aromatic rings. The second kappa shape index (κ2) is 5.51. The molecule has 0 amide bonds. The fraction of sp³-hybridized carbons (Fsp3) is 0. The number of benzene rings is 1. The van der Waals surface area contributed by atoms with Gasteiger partial charge in [-0.25, -0.2) is 17.8 Å². The highest BCUT2D eigenvalue weighted by molar-refractivity contribution is 9.10. The minimum absolute atomic E-state index is 0.0569. The standard InChI is InChI=1S/C10H7BrClFN4O2S/c11-6-3-5(14)4-7(9(6)13)20(18,19)17-8-1-2-15-10(12)16-8/h1-4H,14H2,(H,15,16,17). The van der Waals surface area contributed by atoms with Crippen LogP contribution in [0.3, 0.4) is 0 Å². The van der Waals surface area contributed by atoms with Crippen LogP contribution in [-0.2, 0) is 10.0 Å². The number of nitrogens with two attached hydrogens (primary N) is 1. The van der Waals surface area contributed by atoms with E-state index >= 15 is 0 Å². The van der Waals surface area contributed by atoms with Gasteiger partial charge in [-0.3, -0.25) is 4.72 Å². The molecule has 0 saturated carbocycles. The molecule has 0 atom stereocenters. The zero-order valence-electron chi connectivity index (χ0n) is 9.64. The molecule has 0 unspecified atom stereocenters. The Hall–Kier alpha value is -1.45. The summed E-state index contributed by atoms with van der Waals surface area (Å²) in [5.41, 5.74) is 5.60. The average molecular weight is 382 g/mol. The first-order chi connectivity index (χ1) is 9.29. The third kappa shape index (κ3) is 3.17. The molecule has 0 bridgehead atoms. The van der Waals surface area contributed by atoms with Gasteiger partial charge in [-0.05, 0) is 45.7 Å². The van der Waals surface area contributed by atoms with Gasteiger partial charge in [-0.2, -0.15) is 4.98 Å². The Morgan fingerprint density at radius 1 is 1.40 bits per heavy atom. The van der Waals surface area contributed by atoms with Gasteiger partial charge >= 0.3 is 0 Å². The molecule has 0 fully saturated rings. The highest BCUT2D eigenvalue weighted by Crippen LogP contribution is 2.27. The number of anilines is 2. The predicted molar refractivity (Wildman–Crippen MR) is 76.4 cm³/mol. The van der Waals surface area contributed by atoms with E-state index < -0.39 is 20.7 Å². The Morgan fingerprint density at radius 2 is 2.10 bits per heavy atom. The molecular weight excluding hydrogens is 375 g/mol. The monoisotopic (exact) mass is 380 g/mol. The van der Waals surface area contributed by atoms with Crippen molar-refractivity contribution in [2.45, 2.75) is 4.90 Å². The van der Waals surface area contributed by atoms with Crippen LogP contribution >= 0.6 is 27.5 Å². The van der Waals surface area contributed by atoms with Crippen LogP contribution in [0.5, 0.6) is 0 Å². The van der Waals surface area contributed by atoms with Gasteiger partial charge in [-0.1, -0.05) is 0 Å². The molecule has 20 heavy (non-hydrogen) atoms. The zero-order valence-corrected chi connectivity index (χ0v) is 12.8. The molecule has 0 spiro atoms. The van der Waals surface area contributed by atoms with Gasteiger partial charge in [0.2, 0.25) is 5.28 Å². The van der Waals surface area contributed by atoms with E-state index in [1.54, 1.807) is 0 Å². The van der Waals surface area contributed by atoms with E-state index in [0.29, 0.717) is 0 Å². The largest absolute Gasteiger partial charge is 0.399 e. The van der Waals surface area contributed by atoms with Crippen LogP contribution < -0.4 is 10.5 Å². The van der Waals surface area contributed by atoms with Crippen LogP contribution in [0.15, 0.2) is 33.8 Å². The van der Waals surface area contributed by atoms with Crippen LogP contribution in [0.1, 0.15) is 0 Å². The Labute approximate surface area is 127 Å². The molecule has 0 aliphatic carbocycles. The van der Waals surface area contributed by atoms with E-state index in [2.05, 4.69) is 30.6 Å². The lowest BCUT2D eigenvalue weighted by molar-refractivity contribution is 0.566. The number of rotatable bonds is 3. The van der Waals surface area contributed by atoms with Crippen LogP contribution in [-0.4, -0.2) is 18.4 Å². The van der Waals surface area contributed by atoms with Crippen molar-refractivity contribution < 1.29 is 12.8 Å². The Kier molecular flexibility index (Phi) is 4.11. The van der Waals surface area contributed by atoms with Crippen molar-refractivity contribution in [3.63, 3.8) is 0 Å². The summed E-state index contributed by atoms with van der Waals surface area (Å²) in [6.07, 6.45) is 1.26. The number of halogens is 3. The van der Waals surface area contributed by atoms with Crippen LogP contribution in [0.2, 0.25) is 5.28 Å². The molecular formula is C10H7BrClFN4O2S. The van der Waals surface area contributed by atoms with Gasteiger partial charge < -0.3 is 5.73 Å². The minimum Gasteiger partial charge on any atom is -0.399 e. The van der Waals surface area contributed by atoms with E-state index in [-0.39, 0.29) is 21.3 Å². The van der Waals surface area contributed by atoms with E-state index in [4.69, 9.17) is 17.3 Å². The smallest absolute Gasteiger partial charge is 0.266 e. The highest BCUT2D eigenvalue weighted by atomic mass is 79.9. The summed E-state index contributed by atoms with van der Waals surface area (Å²) < 4.78 is 40.1. The van der Waals surface area contributed by atoms with E-state index in [1.807, 2.05) is 0 Å². The molecule has 0 aliphatic rings. The third-order valence-electron chi connectivity index (χ3n) is 2.17. The number of sulfonamides is 1. The summed E-state index contributed by atoms with van der Waals surface area (Å²) in [7, 11) is -4.19. The van der Waals surface area contributed by atoms with Crippen molar-refractivity contribution in [2.24, 2.45) is 0 Å². The maximum atomic E-state index is 13.9. The summed E-state index contributed by atoms with van der Waals surface area (Å²) in [4.78, 5) is 6.67. The number of hydrogen-bond acceptors (Lipinski definition) is 5. The number of aromatic nitrogens is 2. The summed E-state index contributed by atoms with van der Waals surface area (Å²) in [6, 6.07) is 3.55. The van der Waals surface area contributed by atoms with Crippen molar-refractivity contribution in [3.05, 3.63) is 40.0 Å². The van der Waals surface area contributed by atoms with Crippen molar-refractivity contribution in [2.75, 3.05) is 10.5 Å². The molecule has 2 rings (SSSR count). The highest BCUT2D eigenvalue weighted by Gasteiger charge is 2.22. The molecule has 10 heteroatoms. The molecule has 1 aromatic heterocycles. The molecule has 106 valence electrons. The normalized spacial score (nSPS) is 11.3. The first-order valence-corrected chi connectivity index (χ1v) is 7.71. The van der Waals surface area contributed by atoms with E-state index in [0.717, 1.165) is 6.07 Å². The first kappa shape index (κ1) is 14.9. The van der Waals surface area contributed by atoms with Gasteiger partial charge in [0.25, 0.3) is 10.0 Å². The molecule has 6 nitrogen and oxygen atoms in total. The Morgan fingerprint density at radius 3 is 2.75 bits per heavy atom. The van der Waals surface area contributed by atoms with Gasteiger partial charge in [0, 0.05) is 11.9 Å². The Bertz CT molecular complexity index is 772. The quantitative estimate of drug-likeness (QED) is 0.628. The topological polar surface area (TPSA) is 98.0 Å². The second-order valence-corrected chi connectivity index (χ2v) is 6.47. The minimum atomic E-state index is -4.19. The van der Waals surface area contributed by atoms with Gasteiger partial charge in [0.15, 0.2) is 5.82 Å². The van der Waals surface area contributed by atoms with Crippen LogP contribution in [0.4, 0.5) is 15.9 Å². The van der Waals surface area contributed by atoms with E-state index in [1.165, 1.54) is 18.3 Å². The fourth-order valence-corrected chi connectivity index (χ4v) is 3.26. The predicted octanol–water partition coefficient (Wildman–Crippen LogP) is 2.41. The maximum absolute atomic E-state index is 13.9. The fourth-order valence-electron chi connectivity index (χ4n) is 1.36. The molecule has 0 saturated heterocycles. The van der Waals surface area contributed by atoms with E-state index in [9.17, 15) is 12.8 Å². The molecule has 0 aliphatic heterocycles. The summed E-state index contributed by atoms with van der Waals surface area (Å²) in [5, 5.41) is -0.139. The molecule has 1 aromatic carbocycles. The van der Waals surface area contributed by atoms with Crippen molar-refractivity contribution >= 4 is 49.1 Å². The lowest BCUT2D eigenvalue weighted by atomic mass is 10.3. The first-order valence-electron chi connectivity index (χ1n) is 5.05. The molecule has 1 heterocycles. The Balaban J connectivity index is 2.46. The molecule has 0 radical (unpaired) electrons. The van der Waals surface area contributed by atoms with Gasteiger partial charge in [0.1, 0.15) is 10.7 Å². The van der Waals surface area contributed by atoms with Crippen LogP contribution in [0, 0.1) is 5.82 Å². The van der Waals surface area contributed by atoms with Gasteiger partial charge in [0.05, 0.1) is 4.47 Å². The van der Waals surface area contributed by atoms with Crippen molar-refractivity contribution in [1.82, 2.24) is 9.97 Å². The van der Waals surface area contributed by atoms with Gasteiger partial charge in [-0.15, -0.1) is 0 Å². The number of nitrogens with zero attached hydrogens (tertiary/aromatic N) is 2. The third-order valence-corrected chi connectivity index (χ3v) is 4.28. The van der Waals surface area contributed by atoms with Crippen molar-refractivity contribution in [1.29, 1.82) is 0 Å². The number of nitrogen functional groups attached to an aromatic ring is 1. The van der Waals surface area contributed by atoms with Crippen molar-refractivity contribution in [3.8, 4) is 0 Å². The molecule has 3 N–H and O–H groups in total. The average Bonchev–Trinajstić information content (AvgIpc) is 2.33. The number of nitrogens with one attached hydrogen (secondary N) is 1. The lowest BCUT2D eigenvalue weighted by Crippen LogP contribution is -2.16. The maximum Gasteiger partial charge on any atom is 0.266 e. The zero-order chi connectivity index (χ0) is 14.9. The summed E-state index contributed by atoms with van der Waals surface area (Å²) in [5.74, 6) is -1.03. The second-order valence-electron chi connectivity index (χ2n) is 3.63. The number of hydrogen-bond donors (Lipinski definition) is 2.